The minimum absolute atomic E-state index is 0.0110. The monoisotopic (exact) mass is 599 g/mol. The van der Waals surface area contributed by atoms with Crippen molar-refractivity contribution < 1.29 is 33.3 Å². The summed E-state index contributed by atoms with van der Waals surface area (Å²) in [7, 11) is -3.86. The predicted molar refractivity (Wildman–Crippen MR) is 162 cm³/mol. The highest BCUT2D eigenvalue weighted by Crippen LogP contribution is 2.57. The van der Waals surface area contributed by atoms with Gasteiger partial charge in [-0.15, -0.1) is 0 Å². The van der Waals surface area contributed by atoms with Gasteiger partial charge in [0.1, 0.15) is 34.7 Å². The second-order valence-corrected chi connectivity index (χ2v) is 13.4. The first-order valence-electron chi connectivity index (χ1n) is 15.3. The smallest absolute Gasteiger partial charge is 0.286 e. The minimum Gasteiger partial charge on any atom is -0.300 e. The van der Waals surface area contributed by atoms with Crippen molar-refractivity contribution in [2.75, 3.05) is 39.3 Å². The molecule has 1 atom stereocenters. The normalized spacial score (nSPS) is 13.0. The van der Waals surface area contributed by atoms with Gasteiger partial charge in [0.15, 0.2) is 0 Å². The highest BCUT2D eigenvalue weighted by molar-refractivity contribution is 7.56. The maximum Gasteiger partial charge on any atom is 0.286 e. The van der Waals surface area contributed by atoms with E-state index in [2.05, 4.69) is 0 Å². The van der Waals surface area contributed by atoms with Gasteiger partial charge in [-0.1, -0.05) is 27.7 Å². The Hall–Kier alpha value is -1.87. The lowest BCUT2D eigenvalue weighted by molar-refractivity contribution is -0.120. The van der Waals surface area contributed by atoms with Gasteiger partial charge in [0.05, 0.1) is 0 Å². The van der Waals surface area contributed by atoms with Gasteiger partial charge in [-0.3, -0.25) is 33.3 Å². The van der Waals surface area contributed by atoms with Gasteiger partial charge >= 0.3 is 0 Å². The van der Waals surface area contributed by atoms with E-state index < -0.39 is 7.59 Å². The van der Waals surface area contributed by atoms with Crippen LogP contribution >= 0.6 is 7.59 Å². The van der Waals surface area contributed by atoms with Crippen LogP contribution in [-0.2, 0) is 33.3 Å². The summed E-state index contributed by atoms with van der Waals surface area (Å²) >= 11 is 0. The van der Waals surface area contributed by atoms with Crippen molar-refractivity contribution in [1.29, 1.82) is 0 Å². The summed E-state index contributed by atoms with van der Waals surface area (Å²) in [5.41, 5.74) is 0. The topological polar surface area (TPSA) is 129 Å². The molecule has 0 bridgehead atoms. The Morgan fingerprint density at radius 1 is 0.439 bits per heavy atom. The third kappa shape index (κ3) is 15.8. The Kier molecular flexibility index (Phi) is 20.8. The number of carbonyl (C=O) groups excluding carboxylic acids is 6. The summed E-state index contributed by atoms with van der Waals surface area (Å²) in [6, 6.07) is 0. The average molecular weight is 600 g/mol. The van der Waals surface area contributed by atoms with Crippen molar-refractivity contribution in [3.63, 3.8) is 0 Å². The van der Waals surface area contributed by atoms with E-state index in [1.807, 2.05) is 13.8 Å². The van der Waals surface area contributed by atoms with Crippen molar-refractivity contribution in [2.45, 2.75) is 119 Å². The molecule has 0 radical (unpaired) electrons. The summed E-state index contributed by atoms with van der Waals surface area (Å²) in [5, 5.41) is 0. The van der Waals surface area contributed by atoms with E-state index in [4.69, 9.17) is 0 Å². The fourth-order valence-corrected chi connectivity index (χ4v) is 7.64. The van der Waals surface area contributed by atoms with E-state index in [1.54, 1.807) is 27.9 Å². The van der Waals surface area contributed by atoms with Gasteiger partial charge in [-0.05, 0) is 26.7 Å². The van der Waals surface area contributed by atoms with Crippen LogP contribution in [0.3, 0.4) is 0 Å². The number of ketones is 6. The van der Waals surface area contributed by atoms with E-state index in [-0.39, 0.29) is 112 Å². The molecule has 0 aromatic heterocycles. The molecule has 0 aliphatic carbocycles. The maximum atomic E-state index is 15.6. The van der Waals surface area contributed by atoms with E-state index in [0.717, 1.165) is 0 Å². The second kappa shape index (κ2) is 21.8. The molecule has 1 unspecified atom stereocenters. The highest BCUT2D eigenvalue weighted by atomic mass is 31.2. The molecule has 236 valence electrons. The molecule has 0 rings (SSSR count). The van der Waals surface area contributed by atoms with Crippen molar-refractivity contribution in [1.82, 2.24) is 14.0 Å². The van der Waals surface area contributed by atoms with Crippen LogP contribution in [0.2, 0.25) is 0 Å². The molecule has 0 fully saturated rings. The van der Waals surface area contributed by atoms with Crippen molar-refractivity contribution in [3.8, 4) is 0 Å². The molecule has 0 saturated heterocycles. The molecular formula is C30H54N3O7P. The van der Waals surface area contributed by atoms with E-state index in [0.29, 0.717) is 38.5 Å². The van der Waals surface area contributed by atoms with Crippen LogP contribution in [0.5, 0.6) is 0 Å². The number of carbonyl (C=O) groups is 6. The van der Waals surface area contributed by atoms with Crippen LogP contribution in [0.15, 0.2) is 0 Å². The lowest BCUT2D eigenvalue weighted by Crippen LogP contribution is -2.45. The quantitative estimate of drug-likeness (QED) is 0.116. The maximum absolute atomic E-state index is 15.6. The molecule has 0 spiro atoms. The molecule has 10 nitrogen and oxygen atoms in total. The van der Waals surface area contributed by atoms with Crippen molar-refractivity contribution >= 4 is 42.3 Å². The minimum atomic E-state index is -3.86. The molecule has 41 heavy (non-hydrogen) atoms. The molecule has 0 aromatic rings. The molecule has 0 N–H and O–H groups in total. The van der Waals surface area contributed by atoms with Gasteiger partial charge in [0.2, 0.25) is 0 Å². The molecule has 0 saturated carbocycles. The Morgan fingerprint density at radius 2 is 0.707 bits per heavy atom. The van der Waals surface area contributed by atoms with Crippen molar-refractivity contribution in [3.05, 3.63) is 0 Å². The summed E-state index contributed by atoms with van der Waals surface area (Å²) < 4.78 is 20.6. The molecule has 11 heteroatoms. The van der Waals surface area contributed by atoms with Gasteiger partial charge in [-0.25, -0.2) is 14.0 Å². The summed E-state index contributed by atoms with van der Waals surface area (Å²) in [6.07, 6.45) is 3.41. The fourth-order valence-electron chi connectivity index (χ4n) is 4.40. The largest absolute Gasteiger partial charge is 0.300 e. The molecule has 0 heterocycles. The molecule has 0 aliphatic heterocycles. The summed E-state index contributed by atoms with van der Waals surface area (Å²) in [5.74, 6) is -0.244. The van der Waals surface area contributed by atoms with E-state index in [1.165, 1.54) is 13.8 Å². The van der Waals surface area contributed by atoms with Crippen LogP contribution in [0.25, 0.3) is 0 Å². The fraction of sp³-hybridized carbons (Fsp3) is 0.800. The molecular weight excluding hydrogens is 545 g/mol. The van der Waals surface area contributed by atoms with Crippen LogP contribution in [-0.4, -0.2) is 88.0 Å². The zero-order valence-electron chi connectivity index (χ0n) is 26.4. The third-order valence-electron chi connectivity index (χ3n) is 6.99. The van der Waals surface area contributed by atoms with Crippen LogP contribution in [0.1, 0.15) is 119 Å². The molecule has 0 aromatic carbocycles. The average Bonchev–Trinajstić information content (AvgIpc) is 2.92. The Bertz CT molecular complexity index is 862. The van der Waals surface area contributed by atoms with Gasteiger partial charge in [0.25, 0.3) is 7.59 Å². The van der Waals surface area contributed by atoms with E-state index in [9.17, 15) is 28.8 Å². The van der Waals surface area contributed by atoms with Crippen LogP contribution in [0, 0.1) is 0 Å². The number of hydrogen-bond donors (Lipinski definition) is 0. The number of Topliss-reactive ketones (excluding diaryl/α,β-unsaturated/α-hetero) is 6. The zero-order chi connectivity index (χ0) is 31.4. The van der Waals surface area contributed by atoms with Crippen LogP contribution < -0.4 is 0 Å². The highest BCUT2D eigenvalue weighted by Gasteiger charge is 2.43. The van der Waals surface area contributed by atoms with Gasteiger partial charge < -0.3 is 0 Å². The number of rotatable bonds is 27. The first kappa shape index (κ1) is 39.1. The third-order valence-corrected chi connectivity index (χ3v) is 10.4. The summed E-state index contributed by atoms with van der Waals surface area (Å²) in [6.45, 7) is 10.9. The SMILES string of the molecule is CCCC(=O)CCN(CCC(=O)CCC)P(=O)(N(CCC(C)=O)CCC(C)=O)N(CCC(=O)CC)CCC(=O)CC. The Morgan fingerprint density at radius 3 is 0.951 bits per heavy atom. The van der Waals surface area contributed by atoms with Gasteiger partial charge in [0, 0.05) is 103 Å². The predicted octanol–water partition coefficient (Wildman–Crippen LogP) is 5.22. The van der Waals surface area contributed by atoms with E-state index >= 15 is 4.57 Å². The second-order valence-electron chi connectivity index (χ2n) is 10.6. The lowest BCUT2D eigenvalue weighted by atomic mass is 10.1. The lowest BCUT2D eigenvalue weighted by Gasteiger charge is -2.45. The number of nitrogens with zero attached hydrogens (tertiary/aromatic N) is 3. The van der Waals surface area contributed by atoms with Crippen molar-refractivity contribution in [2.24, 2.45) is 0 Å². The number of hydrogen-bond acceptors (Lipinski definition) is 7. The molecule has 0 aliphatic rings. The zero-order valence-corrected chi connectivity index (χ0v) is 27.3. The standard InChI is InChI=1S/C30H54N3O7P/c1-7-11-29(38)17-23-33(24-18-30(39)12-8-2)41(40,31(19-13-25(5)34)20-14-26(6)35)32(21-15-27(36)9-3)22-16-28(37)10-4/h7-24H2,1-6H3. The first-order chi connectivity index (χ1) is 19.3. The van der Waals surface area contributed by atoms with Crippen LogP contribution in [0.4, 0.5) is 0 Å². The Labute approximate surface area is 247 Å². The molecule has 0 amide bonds. The Balaban J connectivity index is 6.95. The first-order valence-corrected chi connectivity index (χ1v) is 16.8. The summed E-state index contributed by atoms with van der Waals surface area (Å²) in [4.78, 5) is 74.1. The van der Waals surface area contributed by atoms with Gasteiger partial charge in [-0.2, -0.15) is 0 Å².